The van der Waals surface area contributed by atoms with Crippen LogP contribution < -0.4 is 9.64 Å². The molecule has 0 aliphatic carbocycles. The molecule has 2 bridgehead atoms. The van der Waals surface area contributed by atoms with Gasteiger partial charge < -0.3 is 19.1 Å². The van der Waals surface area contributed by atoms with E-state index in [-0.39, 0.29) is 41.5 Å². The topological polar surface area (TPSA) is 110 Å². The fraction of sp³-hybridized carbons (Fsp3) is 0.654. The van der Waals surface area contributed by atoms with Crippen molar-refractivity contribution in [2.24, 2.45) is 0 Å². The van der Waals surface area contributed by atoms with E-state index in [1.165, 1.54) is 13.3 Å². The molecule has 2 aromatic heterocycles. The van der Waals surface area contributed by atoms with Gasteiger partial charge in [-0.1, -0.05) is 11.6 Å². The number of hydrogen-bond acceptors (Lipinski definition) is 10. The number of nitrogens with zero attached hydrogens (tertiary/aromatic N) is 6. The molecule has 5 rings (SSSR count). The van der Waals surface area contributed by atoms with Gasteiger partial charge in [0.1, 0.15) is 23.5 Å². The molecule has 0 N–H and O–H groups in total. The summed E-state index contributed by atoms with van der Waals surface area (Å²) in [5.74, 6) is -0.749. The Morgan fingerprint density at radius 1 is 1.21 bits per heavy atom. The van der Waals surface area contributed by atoms with Gasteiger partial charge in [-0.05, 0) is 60.0 Å². The number of fused-ring (bicyclic) bond motifs is 3. The number of likely N-dealkylation sites (N-methyl/N-ethyl adjacent to an activating group) is 1. The van der Waals surface area contributed by atoms with Crippen molar-refractivity contribution in [2.75, 3.05) is 45.3 Å². The smallest absolute Gasteiger partial charge is 0.410 e. The lowest BCUT2D eigenvalue weighted by Crippen LogP contribution is -2.57. The Bertz CT molecular complexity index is 1280. The summed E-state index contributed by atoms with van der Waals surface area (Å²) < 4.78 is 31.9. The first kappa shape index (κ1) is 27.6. The Balaban J connectivity index is 1.46. The van der Waals surface area contributed by atoms with Gasteiger partial charge in [-0.3, -0.25) is 9.80 Å². The second kappa shape index (κ2) is 10.2. The molecule has 0 saturated carbocycles. The quantitative estimate of drug-likeness (QED) is 0.395. The van der Waals surface area contributed by atoms with Crippen molar-refractivity contribution < 1.29 is 28.2 Å². The second-order valence-electron chi connectivity index (χ2n) is 11.5. The van der Waals surface area contributed by atoms with Crippen LogP contribution in [0.3, 0.4) is 0 Å². The zero-order chi connectivity index (χ0) is 28.1. The van der Waals surface area contributed by atoms with E-state index < -0.39 is 22.9 Å². The van der Waals surface area contributed by atoms with Crippen molar-refractivity contribution in [3.63, 3.8) is 0 Å². The molecule has 1 amide bonds. The van der Waals surface area contributed by atoms with Gasteiger partial charge in [0.25, 0.3) is 0 Å². The lowest BCUT2D eigenvalue weighted by molar-refractivity contribution is -0.154. The van der Waals surface area contributed by atoms with Gasteiger partial charge in [0.05, 0.1) is 24.6 Å². The van der Waals surface area contributed by atoms with Crippen LogP contribution >= 0.6 is 11.6 Å². The van der Waals surface area contributed by atoms with Gasteiger partial charge in [-0.15, -0.1) is 0 Å². The number of hydrogen-bond donors (Lipinski definition) is 0. The largest absolute Gasteiger partial charge is 0.468 e. The molecule has 0 spiro atoms. The minimum Gasteiger partial charge on any atom is -0.468 e. The molecule has 39 heavy (non-hydrogen) atoms. The van der Waals surface area contributed by atoms with Gasteiger partial charge >= 0.3 is 18.1 Å². The Morgan fingerprint density at radius 3 is 2.49 bits per heavy atom. The van der Waals surface area contributed by atoms with E-state index >= 15 is 4.39 Å². The maximum absolute atomic E-state index is 15.2. The van der Waals surface area contributed by atoms with Gasteiger partial charge in [-0.25, -0.2) is 19.0 Å². The molecular formula is C26H34ClFN6O5. The number of methoxy groups -OCH3 is 1. The lowest BCUT2D eigenvalue weighted by Gasteiger charge is -2.42. The number of anilines is 1. The molecule has 3 aliphatic heterocycles. The molecular weight excluding hydrogens is 531 g/mol. The van der Waals surface area contributed by atoms with Crippen molar-refractivity contribution in [2.45, 2.75) is 69.7 Å². The highest BCUT2D eigenvalue weighted by molar-refractivity contribution is 6.30. The van der Waals surface area contributed by atoms with E-state index in [0.29, 0.717) is 37.3 Å². The number of ether oxygens (including phenoxy) is 3. The van der Waals surface area contributed by atoms with E-state index in [1.54, 1.807) is 0 Å². The predicted molar refractivity (Wildman–Crippen MR) is 142 cm³/mol. The molecule has 3 atom stereocenters. The molecule has 5 heterocycles. The highest BCUT2D eigenvalue weighted by Gasteiger charge is 2.48. The number of aromatic nitrogens is 3. The van der Waals surface area contributed by atoms with E-state index in [1.807, 2.05) is 42.5 Å². The molecule has 0 radical (unpaired) electrons. The highest BCUT2D eigenvalue weighted by Crippen LogP contribution is 2.37. The van der Waals surface area contributed by atoms with Crippen LogP contribution in [-0.2, 0) is 14.3 Å². The molecule has 0 aromatic carbocycles. The van der Waals surface area contributed by atoms with E-state index in [4.69, 9.17) is 25.8 Å². The van der Waals surface area contributed by atoms with Gasteiger partial charge in [0.2, 0.25) is 0 Å². The van der Waals surface area contributed by atoms with Gasteiger partial charge in [0, 0.05) is 19.3 Å². The summed E-state index contributed by atoms with van der Waals surface area (Å²) in [6.45, 7) is 7.14. The van der Waals surface area contributed by atoms with Gasteiger partial charge in [0.15, 0.2) is 16.5 Å². The van der Waals surface area contributed by atoms with E-state index in [2.05, 4.69) is 15.0 Å². The van der Waals surface area contributed by atoms with Crippen molar-refractivity contribution in [3.05, 3.63) is 17.2 Å². The minimum atomic E-state index is -0.986. The van der Waals surface area contributed by atoms with Crippen LogP contribution in [0.4, 0.5) is 15.0 Å². The van der Waals surface area contributed by atoms with Crippen LogP contribution in [0.25, 0.3) is 10.9 Å². The molecule has 2 aromatic rings. The second-order valence-corrected chi connectivity index (χ2v) is 11.8. The highest BCUT2D eigenvalue weighted by atomic mass is 35.5. The summed E-state index contributed by atoms with van der Waals surface area (Å²) in [4.78, 5) is 44.3. The van der Waals surface area contributed by atoms with Gasteiger partial charge in [-0.2, -0.15) is 9.97 Å². The van der Waals surface area contributed by atoms with E-state index in [9.17, 15) is 9.59 Å². The fourth-order valence-corrected chi connectivity index (χ4v) is 6.02. The Kier molecular flexibility index (Phi) is 7.21. The van der Waals surface area contributed by atoms with Crippen LogP contribution in [0.2, 0.25) is 5.15 Å². The Hall–Kier alpha value is -2.99. The Morgan fingerprint density at radius 2 is 1.90 bits per heavy atom. The first-order valence-corrected chi connectivity index (χ1v) is 13.5. The summed E-state index contributed by atoms with van der Waals surface area (Å²) in [5, 5.41) is 0.0736. The average molecular weight is 565 g/mol. The minimum absolute atomic E-state index is 0.0242. The molecule has 11 nitrogen and oxygen atoms in total. The standard InChI is InChI=1S/C26H34ClFN6O5/c1-25(2,3)39-24(36)34-15-7-8-16(34)13-33(12-15)21-17-11-29-20(27)18(28)19(17)30-23(31-21)38-14-26(22(35)37-5)9-6-10-32(26)4/h11,15-16H,6-10,12-14H2,1-5H3/t15-,16+,26-/m1/s1. The van der Waals surface area contributed by atoms with Crippen LogP contribution in [0, 0.1) is 5.82 Å². The van der Waals surface area contributed by atoms with Crippen molar-refractivity contribution in [1.29, 1.82) is 0 Å². The maximum Gasteiger partial charge on any atom is 0.410 e. The molecule has 0 unspecified atom stereocenters. The number of halogens is 2. The summed E-state index contributed by atoms with van der Waals surface area (Å²) >= 11 is 6.00. The third-order valence-corrected chi connectivity index (χ3v) is 8.07. The monoisotopic (exact) mass is 564 g/mol. The zero-order valence-electron chi connectivity index (χ0n) is 22.9. The third kappa shape index (κ3) is 5.04. The molecule has 3 aliphatic rings. The van der Waals surface area contributed by atoms with Crippen LogP contribution in [0.15, 0.2) is 6.20 Å². The Labute approximate surface area is 231 Å². The van der Waals surface area contributed by atoms with Crippen LogP contribution in [-0.4, -0.2) is 100 Å². The van der Waals surface area contributed by atoms with Crippen LogP contribution in [0.1, 0.15) is 46.5 Å². The summed E-state index contributed by atoms with van der Waals surface area (Å²) in [7, 11) is 3.18. The molecule has 3 saturated heterocycles. The number of pyridine rings is 1. The average Bonchev–Trinajstić information content (AvgIpc) is 3.39. The molecule has 3 fully saturated rings. The van der Waals surface area contributed by atoms with E-state index in [0.717, 1.165) is 19.3 Å². The number of esters is 1. The SMILES string of the molecule is COC(=O)[C@]1(COc2nc(N3C[C@H]4CC[C@@H](C3)N4C(=O)OC(C)(C)C)c3cnc(Cl)c(F)c3n2)CCCN1C. The zero-order valence-corrected chi connectivity index (χ0v) is 23.6. The number of rotatable bonds is 5. The predicted octanol–water partition coefficient (Wildman–Crippen LogP) is 3.42. The lowest BCUT2D eigenvalue weighted by atomic mass is 9.98. The number of piperazine rings is 1. The summed E-state index contributed by atoms with van der Waals surface area (Å²) in [6, 6.07) is -0.259. The number of carbonyl (C=O) groups excluding carboxylic acids is 2. The first-order chi connectivity index (χ1) is 18.4. The van der Waals surface area contributed by atoms with Crippen LogP contribution in [0.5, 0.6) is 6.01 Å². The maximum atomic E-state index is 15.2. The first-order valence-electron chi connectivity index (χ1n) is 13.1. The normalized spacial score (nSPS) is 25.3. The summed E-state index contributed by atoms with van der Waals surface area (Å²) in [6.07, 6.45) is 4.11. The third-order valence-electron chi connectivity index (χ3n) is 7.81. The van der Waals surface area contributed by atoms with Crippen molar-refractivity contribution in [1.82, 2.24) is 24.8 Å². The number of likely N-dealkylation sites (tertiary alicyclic amines) is 1. The molecule has 212 valence electrons. The van der Waals surface area contributed by atoms with Crippen molar-refractivity contribution >= 4 is 40.4 Å². The number of carbonyl (C=O) groups is 2. The fourth-order valence-electron chi connectivity index (χ4n) is 5.88. The van der Waals surface area contributed by atoms with Crippen molar-refractivity contribution in [3.8, 4) is 6.01 Å². The summed E-state index contributed by atoms with van der Waals surface area (Å²) in [5.41, 5.74) is -1.61. The number of amides is 1. The molecule has 13 heteroatoms.